The summed E-state index contributed by atoms with van der Waals surface area (Å²) in [7, 11) is -1.40. The Morgan fingerprint density at radius 3 is 2.61 bits per heavy atom. The van der Waals surface area contributed by atoms with Gasteiger partial charge in [0.1, 0.15) is 5.03 Å². The minimum absolute atomic E-state index is 0.0967. The molecule has 5 rings (SSSR count). The van der Waals surface area contributed by atoms with Crippen LogP contribution in [-0.2, 0) is 25.7 Å². The average molecular weight is 438 g/mol. The number of fused-ring (bicyclic) bond motifs is 2. The summed E-state index contributed by atoms with van der Waals surface area (Å²) >= 11 is 1.20. The Morgan fingerprint density at radius 2 is 1.90 bits per heavy atom. The van der Waals surface area contributed by atoms with Gasteiger partial charge in [0, 0.05) is 23.8 Å². The highest BCUT2D eigenvalue weighted by atomic mass is 32.2. The van der Waals surface area contributed by atoms with Gasteiger partial charge < -0.3 is 15.4 Å². The fraction of sp³-hybridized carbons (Fsp3) is 0.455. The number of nitrogens with zero attached hydrogens (tertiary/aromatic N) is 2. The van der Waals surface area contributed by atoms with Gasteiger partial charge in [-0.25, -0.2) is 4.79 Å². The van der Waals surface area contributed by atoms with Gasteiger partial charge in [-0.1, -0.05) is 12.1 Å². The third-order valence-corrected chi connectivity index (χ3v) is 7.34. The van der Waals surface area contributed by atoms with E-state index >= 15 is 0 Å². The maximum absolute atomic E-state index is 12.7. The molecule has 4 N–H and O–H groups in total. The molecule has 0 fully saturated rings. The van der Waals surface area contributed by atoms with Crippen LogP contribution in [0.2, 0.25) is 0 Å². The summed E-state index contributed by atoms with van der Waals surface area (Å²) in [5, 5.41) is 27.3. The molecule has 2 aromatic rings. The lowest BCUT2D eigenvalue weighted by molar-refractivity contribution is 0.257. The quantitative estimate of drug-likeness (QED) is 0.424. The maximum atomic E-state index is 12.7. The Bertz CT molecular complexity index is 1000. The third-order valence-electron chi connectivity index (χ3n) is 6.63. The molecule has 31 heavy (non-hydrogen) atoms. The number of benzene rings is 1. The zero-order valence-corrected chi connectivity index (χ0v) is 18.2. The molecule has 1 aromatic carbocycles. The summed E-state index contributed by atoms with van der Waals surface area (Å²) in [4.78, 5) is 12.7. The van der Waals surface area contributed by atoms with Crippen molar-refractivity contribution in [3.63, 3.8) is 0 Å². The first-order valence-electron chi connectivity index (χ1n) is 11.1. The van der Waals surface area contributed by atoms with Crippen molar-refractivity contribution < 1.29 is 14.8 Å². The summed E-state index contributed by atoms with van der Waals surface area (Å²) < 4.78 is 4.73. The van der Waals surface area contributed by atoms with E-state index in [0.29, 0.717) is 16.9 Å². The zero-order chi connectivity index (χ0) is 21.4. The maximum Gasteiger partial charge on any atom is 0.483 e. The molecule has 3 aliphatic rings. The van der Waals surface area contributed by atoms with E-state index in [2.05, 4.69) is 21.2 Å². The first-order chi connectivity index (χ1) is 15.1. The van der Waals surface area contributed by atoms with Gasteiger partial charge in [0.2, 0.25) is 0 Å². The van der Waals surface area contributed by atoms with Crippen LogP contribution in [-0.4, -0.2) is 33.0 Å². The lowest BCUT2D eigenvalue weighted by Crippen LogP contribution is -2.24. The summed E-state index contributed by atoms with van der Waals surface area (Å²) in [5.41, 5.74) is 7.11. The number of rotatable bonds is 5. The molecule has 0 spiro atoms. The molecule has 0 radical (unpaired) electrons. The van der Waals surface area contributed by atoms with Gasteiger partial charge in [-0.3, -0.25) is 9.40 Å². The van der Waals surface area contributed by atoms with Crippen LogP contribution in [0.15, 0.2) is 34.9 Å². The molecular formula is C22H27BN4O3S. The van der Waals surface area contributed by atoms with Crippen LogP contribution < -0.4 is 10.0 Å². The van der Waals surface area contributed by atoms with Gasteiger partial charge in [0.25, 0.3) is 0 Å². The highest BCUT2D eigenvalue weighted by Crippen LogP contribution is 2.38. The summed E-state index contributed by atoms with van der Waals surface area (Å²) in [6.45, 7) is 0. The van der Waals surface area contributed by atoms with Crippen molar-refractivity contribution in [2.45, 2.75) is 68.9 Å². The summed E-state index contributed by atoms with van der Waals surface area (Å²) in [5.74, 6) is 0. The van der Waals surface area contributed by atoms with Crippen molar-refractivity contribution in [2.24, 2.45) is 0 Å². The van der Waals surface area contributed by atoms with Crippen LogP contribution in [0.3, 0.4) is 0 Å². The number of anilines is 1. The van der Waals surface area contributed by atoms with Crippen LogP contribution in [0.4, 0.5) is 10.5 Å². The van der Waals surface area contributed by atoms with Crippen molar-refractivity contribution in [1.82, 2.24) is 14.5 Å². The number of allylic oxidation sites excluding steroid dienone is 2. The molecule has 1 atom stereocenters. The molecule has 9 heteroatoms. The normalized spacial score (nSPS) is 19.5. The number of nitrogens with one attached hydrogen (secondary N) is 2. The number of amides is 2. The van der Waals surface area contributed by atoms with Crippen molar-refractivity contribution in [3.8, 4) is 0 Å². The fourth-order valence-electron chi connectivity index (χ4n) is 5.14. The van der Waals surface area contributed by atoms with E-state index < -0.39 is 7.12 Å². The topological polar surface area (TPSA) is 99.4 Å². The second-order valence-corrected chi connectivity index (χ2v) is 9.44. The summed E-state index contributed by atoms with van der Waals surface area (Å²) in [6, 6.07) is 4.10. The monoisotopic (exact) mass is 438 g/mol. The van der Waals surface area contributed by atoms with Crippen molar-refractivity contribution in [3.05, 3.63) is 52.1 Å². The van der Waals surface area contributed by atoms with Gasteiger partial charge in [-0.15, -0.1) is 0 Å². The van der Waals surface area contributed by atoms with Crippen LogP contribution in [0.1, 0.15) is 60.4 Å². The summed E-state index contributed by atoms with van der Waals surface area (Å²) in [6.07, 6.45) is 12.7. The second-order valence-electron chi connectivity index (χ2n) is 8.61. The molecule has 2 amide bonds. The molecule has 0 saturated carbocycles. The molecule has 1 unspecified atom stereocenters. The highest BCUT2D eigenvalue weighted by Gasteiger charge is 2.26. The molecular weight excluding hydrogens is 411 g/mol. The third kappa shape index (κ3) is 4.27. The lowest BCUT2D eigenvalue weighted by atomic mass is 9.72. The van der Waals surface area contributed by atoms with Crippen molar-refractivity contribution in [2.75, 3.05) is 5.32 Å². The van der Waals surface area contributed by atoms with E-state index in [0.717, 1.165) is 57.1 Å². The molecule has 1 aromatic heterocycles. The van der Waals surface area contributed by atoms with Crippen LogP contribution in [0.25, 0.3) is 0 Å². The molecule has 162 valence electrons. The van der Waals surface area contributed by atoms with Crippen molar-refractivity contribution >= 4 is 30.8 Å². The Labute approximate surface area is 186 Å². The van der Waals surface area contributed by atoms with E-state index in [-0.39, 0.29) is 12.1 Å². The van der Waals surface area contributed by atoms with Gasteiger partial charge in [-0.05, 0) is 91.6 Å². The molecule has 3 aliphatic carbocycles. The first kappa shape index (κ1) is 20.7. The molecule has 1 heterocycles. The van der Waals surface area contributed by atoms with E-state index in [1.54, 1.807) is 0 Å². The number of hydrogen-bond donors (Lipinski definition) is 4. The van der Waals surface area contributed by atoms with Crippen LogP contribution in [0, 0.1) is 0 Å². The number of hydrogen-bond acceptors (Lipinski definition) is 5. The minimum Gasteiger partial charge on any atom is -0.423 e. The number of aryl methyl sites for hydroxylation is 2. The number of carbonyl (C=O) groups excluding carboxylic acids is 1. The SMILES string of the molecule is O=C(NSc1ccn(C2CCC=C(B(O)O)C2)n1)Nc1c2c(cc3c1CCC3)CCC2. The van der Waals surface area contributed by atoms with Gasteiger partial charge in [-0.2, -0.15) is 5.10 Å². The largest absolute Gasteiger partial charge is 0.483 e. The van der Waals surface area contributed by atoms with Gasteiger partial charge in [0.05, 0.1) is 6.04 Å². The predicted molar refractivity (Wildman–Crippen MR) is 122 cm³/mol. The van der Waals surface area contributed by atoms with E-state index in [4.69, 9.17) is 0 Å². The smallest absolute Gasteiger partial charge is 0.423 e. The van der Waals surface area contributed by atoms with Gasteiger partial charge >= 0.3 is 13.1 Å². The fourth-order valence-corrected chi connectivity index (χ4v) is 5.65. The molecule has 7 nitrogen and oxygen atoms in total. The highest BCUT2D eigenvalue weighted by molar-refractivity contribution is 7.97. The van der Waals surface area contributed by atoms with Crippen LogP contribution in [0.5, 0.6) is 0 Å². The Morgan fingerprint density at radius 1 is 1.16 bits per heavy atom. The second kappa shape index (κ2) is 8.72. The Kier molecular flexibility index (Phi) is 5.82. The predicted octanol–water partition coefficient (Wildman–Crippen LogP) is 3.35. The Hall–Kier alpha value is -2.23. The zero-order valence-electron chi connectivity index (χ0n) is 17.4. The average Bonchev–Trinajstić information content (AvgIpc) is 3.52. The molecule has 0 saturated heterocycles. The number of aromatic nitrogens is 2. The number of urea groups is 1. The lowest BCUT2D eigenvalue weighted by Gasteiger charge is -2.22. The Balaban J connectivity index is 1.22. The number of carbonyl (C=O) groups is 1. The standard InChI is InChI=1S/C22H27BN4O3S/c28-22(24-21-18-8-1-4-14(18)12-15-5-2-9-19(15)21)26-31-20-10-11-27(25-20)17-7-3-6-16(13-17)23(29)30/h6,10-12,17,29-30H,1-5,7-9,13H2,(H2,24,26,28). The molecule has 0 bridgehead atoms. The van der Waals surface area contributed by atoms with E-state index in [1.807, 2.05) is 23.0 Å². The van der Waals surface area contributed by atoms with Crippen LogP contribution >= 0.6 is 11.9 Å². The molecule has 0 aliphatic heterocycles. The van der Waals surface area contributed by atoms with E-state index in [1.165, 1.54) is 34.2 Å². The van der Waals surface area contributed by atoms with E-state index in [9.17, 15) is 14.8 Å². The van der Waals surface area contributed by atoms with Gasteiger partial charge in [0.15, 0.2) is 0 Å². The minimum atomic E-state index is -1.40. The van der Waals surface area contributed by atoms with Crippen molar-refractivity contribution in [1.29, 1.82) is 0 Å². The first-order valence-corrected chi connectivity index (χ1v) is 11.9.